The number of ether oxygens (including phenoxy) is 3. The average molecular weight is 597 g/mol. The van der Waals surface area contributed by atoms with Gasteiger partial charge in [-0.3, -0.25) is 10.1 Å². The molecule has 0 fully saturated rings. The summed E-state index contributed by atoms with van der Waals surface area (Å²) in [5.41, 5.74) is 5.61. The van der Waals surface area contributed by atoms with E-state index in [1.54, 1.807) is 25.3 Å². The zero-order valence-corrected chi connectivity index (χ0v) is 25.7. The molecule has 5 aromatic rings. The van der Waals surface area contributed by atoms with Crippen LogP contribution in [0.4, 0.5) is 11.5 Å². The van der Waals surface area contributed by atoms with Gasteiger partial charge in [-0.2, -0.15) is 0 Å². The normalized spacial score (nSPS) is 11.9. The lowest BCUT2D eigenvalue weighted by Gasteiger charge is -2.23. The molecule has 0 amide bonds. The van der Waals surface area contributed by atoms with Gasteiger partial charge in [-0.25, -0.2) is 15.0 Å². The molecule has 1 atom stereocenters. The zero-order chi connectivity index (χ0) is 31.4. The predicted molar refractivity (Wildman–Crippen MR) is 170 cm³/mol. The lowest BCUT2D eigenvalue weighted by Crippen LogP contribution is -2.07. The molecule has 0 bridgehead atoms. The number of nitrogens with one attached hydrogen (secondary N) is 1. The van der Waals surface area contributed by atoms with E-state index < -0.39 is 4.92 Å². The van der Waals surface area contributed by atoms with E-state index in [0.717, 1.165) is 45.4 Å². The molecule has 0 aliphatic carbocycles. The van der Waals surface area contributed by atoms with Gasteiger partial charge in [-0.15, -0.1) is 0 Å². The van der Waals surface area contributed by atoms with Crippen LogP contribution in [0.1, 0.15) is 44.6 Å². The van der Waals surface area contributed by atoms with E-state index in [-0.39, 0.29) is 11.8 Å². The Bertz CT molecular complexity index is 1800. The second kappa shape index (κ2) is 13.1. The first-order valence-corrected chi connectivity index (χ1v) is 14.5. The molecule has 2 aromatic carbocycles. The third-order valence-electron chi connectivity index (χ3n) is 7.35. The number of hydrogen-bond acceptors (Lipinski definition) is 9. The first-order chi connectivity index (χ1) is 21.3. The van der Waals surface area contributed by atoms with Crippen molar-refractivity contribution in [3.05, 3.63) is 82.3 Å². The Kier molecular flexibility index (Phi) is 9.05. The molecule has 44 heavy (non-hydrogen) atoms. The summed E-state index contributed by atoms with van der Waals surface area (Å²) >= 11 is 0. The van der Waals surface area contributed by atoms with Crippen LogP contribution >= 0.6 is 0 Å². The number of nitrogens with zero attached hydrogens (tertiary/aromatic N) is 5. The molecular weight excluding hydrogens is 560 g/mol. The van der Waals surface area contributed by atoms with Gasteiger partial charge in [0.15, 0.2) is 11.5 Å². The first-order valence-electron chi connectivity index (χ1n) is 14.5. The van der Waals surface area contributed by atoms with Crippen LogP contribution < -0.4 is 14.8 Å². The molecule has 11 nitrogen and oxygen atoms in total. The van der Waals surface area contributed by atoms with E-state index >= 15 is 0 Å². The number of hydrogen-bond donors (Lipinski definition) is 1. The minimum absolute atomic E-state index is 0.0115. The highest BCUT2D eigenvalue weighted by Crippen LogP contribution is 2.50. The van der Waals surface area contributed by atoms with Crippen molar-refractivity contribution in [2.45, 2.75) is 40.2 Å². The molecule has 5 rings (SSSR count). The second-order valence-corrected chi connectivity index (χ2v) is 10.3. The molecule has 1 N–H and O–H groups in total. The summed E-state index contributed by atoms with van der Waals surface area (Å²) in [7, 11) is 3.54. The largest absolute Gasteiger partial charge is 0.492 e. The Balaban J connectivity index is 1.84. The van der Waals surface area contributed by atoms with E-state index in [9.17, 15) is 10.1 Å². The molecule has 0 saturated carbocycles. The van der Waals surface area contributed by atoms with Crippen LogP contribution in [-0.4, -0.2) is 44.7 Å². The van der Waals surface area contributed by atoms with Crippen LogP contribution in [0.5, 0.6) is 17.4 Å². The lowest BCUT2D eigenvalue weighted by atomic mass is 9.91. The SMILES string of the molecule is CCCOC(C)c1c(-c2c(-c3ccc([N+](=O)[O-])cc3)n(C)c3ncnc(NCC)c23)ccc(Oc2cccc(C)n2)c1OC. The van der Waals surface area contributed by atoms with Gasteiger partial charge in [0.1, 0.15) is 17.8 Å². The highest BCUT2D eigenvalue weighted by atomic mass is 16.6. The van der Waals surface area contributed by atoms with Crippen molar-refractivity contribution in [3.63, 3.8) is 0 Å². The van der Waals surface area contributed by atoms with Gasteiger partial charge in [0.05, 0.1) is 29.2 Å². The monoisotopic (exact) mass is 596 g/mol. The predicted octanol–water partition coefficient (Wildman–Crippen LogP) is 7.63. The van der Waals surface area contributed by atoms with Crippen LogP contribution in [0.2, 0.25) is 0 Å². The summed E-state index contributed by atoms with van der Waals surface area (Å²) < 4.78 is 20.6. The van der Waals surface area contributed by atoms with Crippen molar-refractivity contribution in [2.75, 3.05) is 25.6 Å². The number of aryl methyl sites for hydroxylation is 2. The van der Waals surface area contributed by atoms with Crippen LogP contribution in [0.25, 0.3) is 33.4 Å². The number of anilines is 1. The Hall–Kier alpha value is -5.03. The van der Waals surface area contributed by atoms with Crippen molar-refractivity contribution in [1.82, 2.24) is 19.5 Å². The number of methoxy groups -OCH3 is 1. The highest BCUT2D eigenvalue weighted by Gasteiger charge is 2.29. The Morgan fingerprint density at radius 3 is 2.50 bits per heavy atom. The number of fused-ring (bicyclic) bond motifs is 1. The highest BCUT2D eigenvalue weighted by molar-refractivity contribution is 6.09. The molecule has 11 heteroatoms. The third kappa shape index (κ3) is 5.78. The van der Waals surface area contributed by atoms with Gasteiger partial charge in [0.25, 0.3) is 5.69 Å². The van der Waals surface area contributed by atoms with Crippen molar-refractivity contribution in [3.8, 4) is 39.8 Å². The van der Waals surface area contributed by atoms with Crippen LogP contribution in [0, 0.1) is 17.0 Å². The average Bonchev–Trinajstić information content (AvgIpc) is 3.32. The zero-order valence-electron chi connectivity index (χ0n) is 25.7. The number of benzene rings is 2. The van der Waals surface area contributed by atoms with Gasteiger partial charge in [0, 0.05) is 55.2 Å². The van der Waals surface area contributed by atoms with Crippen LogP contribution in [-0.2, 0) is 11.8 Å². The number of non-ortho nitro benzene ring substituents is 1. The van der Waals surface area contributed by atoms with Gasteiger partial charge in [-0.05, 0) is 68.7 Å². The summed E-state index contributed by atoms with van der Waals surface area (Å²) in [5, 5.41) is 15.6. The third-order valence-corrected chi connectivity index (χ3v) is 7.35. The lowest BCUT2D eigenvalue weighted by molar-refractivity contribution is -0.384. The number of nitro groups is 1. The molecule has 0 aliphatic heterocycles. The summed E-state index contributed by atoms with van der Waals surface area (Å²) in [5.74, 6) is 2.13. The molecule has 3 aromatic heterocycles. The molecule has 0 saturated heterocycles. The first kappa shape index (κ1) is 30.4. The summed E-state index contributed by atoms with van der Waals surface area (Å²) in [4.78, 5) is 24.8. The Morgan fingerprint density at radius 2 is 1.84 bits per heavy atom. The van der Waals surface area contributed by atoms with E-state index in [1.165, 1.54) is 18.5 Å². The molecule has 1 unspecified atom stereocenters. The summed E-state index contributed by atoms with van der Waals surface area (Å²) in [6.07, 6.45) is 1.98. The van der Waals surface area contributed by atoms with Crippen LogP contribution in [0.15, 0.2) is 60.9 Å². The summed E-state index contributed by atoms with van der Waals surface area (Å²) in [6.45, 7) is 9.16. The standard InChI is InChI=1S/C33H36N6O5/c1-7-18-43-21(4)27-24(16-17-25(31(27)42-6)44-26-11-9-10-20(3)37-26)28-29-32(34-8-2)35-19-36-33(29)38(5)30(28)22-12-14-23(15-13-22)39(40)41/h9-17,19,21H,7-8,18H2,1-6H3,(H,34,35,36). The number of pyridine rings is 1. The number of rotatable bonds is 12. The molecule has 3 heterocycles. The maximum absolute atomic E-state index is 11.4. The second-order valence-electron chi connectivity index (χ2n) is 10.3. The fourth-order valence-corrected chi connectivity index (χ4v) is 5.45. The Labute approximate surface area is 256 Å². The van der Waals surface area contributed by atoms with Gasteiger partial charge >= 0.3 is 0 Å². The molecule has 0 radical (unpaired) electrons. The topological polar surface area (TPSA) is 126 Å². The van der Waals surface area contributed by atoms with E-state index in [1.807, 2.05) is 56.7 Å². The number of aromatic nitrogens is 4. The molecule has 0 aliphatic rings. The molecular formula is C33H36N6O5. The van der Waals surface area contributed by atoms with Gasteiger partial charge in [0.2, 0.25) is 5.88 Å². The van der Waals surface area contributed by atoms with Crippen molar-refractivity contribution in [2.24, 2.45) is 7.05 Å². The van der Waals surface area contributed by atoms with E-state index in [0.29, 0.717) is 42.0 Å². The number of nitro benzene ring substituents is 1. The van der Waals surface area contributed by atoms with E-state index in [4.69, 9.17) is 14.2 Å². The quantitative estimate of drug-likeness (QED) is 0.114. The van der Waals surface area contributed by atoms with Crippen molar-refractivity contribution in [1.29, 1.82) is 0 Å². The fourth-order valence-electron chi connectivity index (χ4n) is 5.45. The maximum atomic E-state index is 11.4. The van der Waals surface area contributed by atoms with Crippen LogP contribution in [0.3, 0.4) is 0 Å². The van der Waals surface area contributed by atoms with Gasteiger partial charge in [-0.1, -0.05) is 13.0 Å². The smallest absolute Gasteiger partial charge is 0.269 e. The minimum Gasteiger partial charge on any atom is -0.492 e. The van der Waals surface area contributed by atoms with E-state index in [2.05, 4.69) is 27.2 Å². The fraction of sp³-hybridized carbons (Fsp3) is 0.303. The molecule has 228 valence electrons. The van der Waals surface area contributed by atoms with Gasteiger partial charge < -0.3 is 24.1 Å². The van der Waals surface area contributed by atoms with Crippen molar-refractivity contribution >= 4 is 22.5 Å². The maximum Gasteiger partial charge on any atom is 0.269 e. The summed E-state index contributed by atoms with van der Waals surface area (Å²) in [6, 6.07) is 16.0. The minimum atomic E-state index is -0.404. The Morgan fingerprint density at radius 1 is 1.07 bits per heavy atom. The molecule has 0 spiro atoms. The van der Waals surface area contributed by atoms with Crippen molar-refractivity contribution < 1.29 is 19.1 Å².